The number of hydrogen-bond donors (Lipinski definition) is 1. The van der Waals surface area contributed by atoms with Gasteiger partial charge in [-0.05, 0) is 25.0 Å². The van der Waals surface area contributed by atoms with Crippen LogP contribution in [0, 0.1) is 11.3 Å². The molecule has 1 unspecified atom stereocenters. The van der Waals surface area contributed by atoms with Gasteiger partial charge in [0.25, 0.3) is 5.91 Å². The number of pyridine rings is 1. The summed E-state index contributed by atoms with van der Waals surface area (Å²) in [7, 11) is 1.33. The monoisotopic (exact) mass is 373 g/mol. The van der Waals surface area contributed by atoms with Crippen LogP contribution >= 0.6 is 0 Å². The van der Waals surface area contributed by atoms with Crippen LogP contribution < -0.4 is 5.32 Å². The Morgan fingerprint density at radius 2 is 1.93 bits per heavy atom. The zero-order valence-electron chi connectivity index (χ0n) is 15.8. The molecule has 2 heterocycles. The van der Waals surface area contributed by atoms with E-state index in [-0.39, 0.29) is 42.1 Å². The number of carbonyl (C=O) groups excluding carboxylic acids is 3. The molecule has 0 aromatic carbocycles. The molecule has 27 heavy (non-hydrogen) atoms. The molecule has 7 heteroatoms. The second-order valence-electron chi connectivity index (χ2n) is 7.51. The third kappa shape index (κ3) is 4.28. The third-order valence-electron chi connectivity index (χ3n) is 5.88. The Hall–Kier alpha value is -2.44. The maximum Gasteiger partial charge on any atom is 0.307 e. The van der Waals surface area contributed by atoms with E-state index in [0.717, 1.165) is 25.7 Å². The van der Waals surface area contributed by atoms with Crippen molar-refractivity contribution >= 4 is 17.8 Å². The van der Waals surface area contributed by atoms with Gasteiger partial charge in [0.05, 0.1) is 19.4 Å². The van der Waals surface area contributed by atoms with Crippen molar-refractivity contribution in [1.82, 2.24) is 15.2 Å². The van der Waals surface area contributed by atoms with Crippen molar-refractivity contribution in [2.75, 3.05) is 26.7 Å². The molecule has 146 valence electrons. The van der Waals surface area contributed by atoms with E-state index in [1.807, 2.05) is 4.90 Å². The Bertz CT molecular complexity index is 686. The summed E-state index contributed by atoms with van der Waals surface area (Å²) in [6.07, 6.45) is 8.64. The van der Waals surface area contributed by atoms with Crippen molar-refractivity contribution in [3.8, 4) is 0 Å². The zero-order chi connectivity index (χ0) is 19.3. The van der Waals surface area contributed by atoms with Crippen LogP contribution in [-0.4, -0.2) is 54.4 Å². The lowest BCUT2D eigenvalue weighted by Gasteiger charge is -2.37. The summed E-state index contributed by atoms with van der Waals surface area (Å²) in [5, 5.41) is 2.87. The Labute approximate surface area is 159 Å². The van der Waals surface area contributed by atoms with Crippen LogP contribution in [0.2, 0.25) is 0 Å². The fourth-order valence-electron chi connectivity index (χ4n) is 4.44. The van der Waals surface area contributed by atoms with E-state index in [9.17, 15) is 14.4 Å². The van der Waals surface area contributed by atoms with Crippen LogP contribution in [0.25, 0.3) is 0 Å². The molecule has 2 amide bonds. The maximum atomic E-state index is 12.9. The minimum absolute atomic E-state index is 0.0489. The van der Waals surface area contributed by atoms with Gasteiger partial charge in [-0.15, -0.1) is 0 Å². The number of hydrogen-bond acceptors (Lipinski definition) is 5. The Kier molecular flexibility index (Phi) is 6.08. The highest BCUT2D eigenvalue weighted by molar-refractivity contribution is 5.95. The van der Waals surface area contributed by atoms with Crippen molar-refractivity contribution in [3.05, 3.63) is 30.1 Å². The molecule has 1 aliphatic carbocycles. The number of methoxy groups -OCH3 is 1. The molecule has 1 saturated carbocycles. The number of carbonyl (C=O) groups is 3. The van der Waals surface area contributed by atoms with E-state index < -0.39 is 0 Å². The average Bonchev–Trinajstić information content (AvgIpc) is 3.07. The molecule has 1 atom stereocenters. The molecule has 0 bridgehead atoms. The molecule has 2 fully saturated rings. The highest BCUT2D eigenvalue weighted by atomic mass is 16.5. The molecule has 1 aromatic rings. The molecule has 3 rings (SSSR count). The molecular formula is C20H27N3O4. The first-order valence-corrected chi connectivity index (χ1v) is 9.59. The van der Waals surface area contributed by atoms with Gasteiger partial charge >= 0.3 is 5.97 Å². The lowest BCUT2D eigenvalue weighted by Crippen LogP contribution is -2.43. The molecule has 1 spiro atoms. The van der Waals surface area contributed by atoms with Gasteiger partial charge in [0.1, 0.15) is 0 Å². The fraction of sp³-hybridized carbons (Fsp3) is 0.600. The van der Waals surface area contributed by atoms with Gasteiger partial charge in [-0.2, -0.15) is 0 Å². The maximum absolute atomic E-state index is 12.9. The zero-order valence-corrected chi connectivity index (χ0v) is 15.8. The number of esters is 1. The number of amides is 2. The third-order valence-corrected chi connectivity index (χ3v) is 5.88. The SMILES string of the molecule is COC(=O)CCNC(=O)C1CN(C(=O)c2ccncc2)CC12CCCCC2. The Balaban J connectivity index is 1.71. The smallest absolute Gasteiger partial charge is 0.307 e. The largest absolute Gasteiger partial charge is 0.469 e. The van der Waals surface area contributed by atoms with Crippen molar-refractivity contribution in [2.45, 2.75) is 38.5 Å². The lowest BCUT2D eigenvalue weighted by molar-refractivity contribution is -0.140. The average molecular weight is 373 g/mol. The minimum atomic E-state index is -0.344. The molecule has 1 N–H and O–H groups in total. The van der Waals surface area contributed by atoms with E-state index in [2.05, 4.69) is 15.0 Å². The molecule has 0 radical (unpaired) electrons. The first-order chi connectivity index (χ1) is 13.1. The van der Waals surface area contributed by atoms with E-state index in [0.29, 0.717) is 18.7 Å². The molecule has 1 aromatic heterocycles. The van der Waals surface area contributed by atoms with Crippen LogP contribution in [0.15, 0.2) is 24.5 Å². The summed E-state index contributed by atoms with van der Waals surface area (Å²) >= 11 is 0. The van der Waals surface area contributed by atoms with Gasteiger partial charge < -0.3 is 15.0 Å². The number of nitrogens with one attached hydrogen (secondary N) is 1. The van der Waals surface area contributed by atoms with Gasteiger partial charge in [0.2, 0.25) is 5.91 Å². The summed E-state index contributed by atoms with van der Waals surface area (Å²) in [4.78, 5) is 42.8. The van der Waals surface area contributed by atoms with Crippen molar-refractivity contribution in [3.63, 3.8) is 0 Å². The van der Waals surface area contributed by atoms with Crippen LogP contribution in [0.4, 0.5) is 0 Å². The van der Waals surface area contributed by atoms with Gasteiger partial charge in [0.15, 0.2) is 0 Å². The Morgan fingerprint density at radius 3 is 2.59 bits per heavy atom. The molecule has 7 nitrogen and oxygen atoms in total. The highest BCUT2D eigenvalue weighted by Gasteiger charge is 2.51. The first-order valence-electron chi connectivity index (χ1n) is 9.59. The van der Waals surface area contributed by atoms with E-state index in [4.69, 9.17) is 0 Å². The summed E-state index contributed by atoms with van der Waals surface area (Å²) < 4.78 is 4.62. The summed E-state index contributed by atoms with van der Waals surface area (Å²) in [5.41, 5.74) is 0.443. The van der Waals surface area contributed by atoms with Crippen molar-refractivity contribution in [2.24, 2.45) is 11.3 Å². The normalized spacial score (nSPS) is 21.1. The predicted octanol–water partition coefficient (Wildman–Crippen LogP) is 1.78. The standard InChI is InChI=1S/C20H27N3O4/c1-27-17(24)7-12-22-18(25)16-13-23(14-20(16)8-3-2-4-9-20)19(26)15-5-10-21-11-6-15/h5-6,10-11,16H,2-4,7-9,12-14H2,1H3,(H,22,25). The van der Waals surface area contributed by atoms with Gasteiger partial charge in [-0.25, -0.2) is 0 Å². The van der Waals surface area contributed by atoms with E-state index >= 15 is 0 Å². The summed E-state index contributed by atoms with van der Waals surface area (Å²) in [5.74, 6) is -0.692. The van der Waals surface area contributed by atoms with Crippen molar-refractivity contribution in [1.29, 1.82) is 0 Å². The number of likely N-dealkylation sites (tertiary alicyclic amines) is 1. The van der Waals surface area contributed by atoms with Crippen LogP contribution in [0.3, 0.4) is 0 Å². The topological polar surface area (TPSA) is 88.6 Å². The number of nitrogens with zero attached hydrogens (tertiary/aromatic N) is 2. The van der Waals surface area contributed by atoms with Crippen LogP contribution in [-0.2, 0) is 14.3 Å². The molecule has 2 aliphatic rings. The van der Waals surface area contributed by atoms with E-state index in [1.54, 1.807) is 24.5 Å². The second kappa shape index (κ2) is 8.50. The number of ether oxygens (including phenoxy) is 1. The van der Waals surface area contributed by atoms with E-state index in [1.165, 1.54) is 13.5 Å². The fourth-order valence-corrected chi connectivity index (χ4v) is 4.44. The number of aromatic nitrogens is 1. The van der Waals surface area contributed by atoms with Gasteiger partial charge in [-0.1, -0.05) is 19.3 Å². The highest BCUT2D eigenvalue weighted by Crippen LogP contribution is 2.47. The molecule has 1 saturated heterocycles. The second-order valence-corrected chi connectivity index (χ2v) is 7.51. The quantitative estimate of drug-likeness (QED) is 0.795. The number of rotatable bonds is 5. The van der Waals surface area contributed by atoms with Crippen LogP contribution in [0.1, 0.15) is 48.9 Å². The minimum Gasteiger partial charge on any atom is -0.469 e. The van der Waals surface area contributed by atoms with Crippen LogP contribution in [0.5, 0.6) is 0 Å². The molecular weight excluding hydrogens is 346 g/mol. The van der Waals surface area contributed by atoms with Crippen molar-refractivity contribution < 1.29 is 19.1 Å². The Morgan fingerprint density at radius 1 is 1.22 bits per heavy atom. The summed E-state index contributed by atoms with van der Waals surface area (Å²) in [6, 6.07) is 3.42. The summed E-state index contributed by atoms with van der Waals surface area (Å²) in [6.45, 7) is 1.30. The van der Waals surface area contributed by atoms with Gasteiger partial charge in [-0.3, -0.25) is 19.4 Å². The lowest BCUT2D eigenvalue weighted by atomic mass is 9.67. The first kappa shape index (κ1) is 19.3. The molecule has 1 aliphatic heterocycles. The predicted molar refractivity (Wildman–Crippen MR) is 98.8 cm³/mol. The van der Waals surface area contributed by atoms with Gasteiger partial charge in [0, 0.05) is 43.0 Å².